The number of hydrogen-bond acceptors (Lipinski definition) is 5. The lowest BCUT2D eigenvalue weighted by Gasteiger charge is -2.26. The molecule has 1 aliphatic rings. The molecule has 0 aliphatic heterocycles. The number of aryl methyl sites for hydroxylation is 3. The molecule has 0 bridgehead atoms. The summed E-state index contributed by atoms with van der Waals surface area (Å²) in [4.78, 5) is 20.3. The number of carbonyl (C=O) groups excluding carboxylic acids is 1. The number of hydrogen-bond donors (Lipinski definition) is 1. The summed E-state index contributed by atoms with van der Waals surface area (Å²) in [7, 11) is 3.56. The molecule has 2 aromatic heterocycles. The Morgan fingerprint density at radius 2 is 2.36 bits per heavy atom. The number of aromatic nitrogens is 3. The van der Waals surface area contributed by atoms with Gasteiger partial charge in [0.25, 0.3) is 5.91 Å². The Kier molecular flexibility index (Phi) is 3.90. The van der Waals surface area contributed by atoms with Gasteiger partial charge in [-0.05, 0) is 26.2 Å². The van der Waals surface area contributed by atoms with E-state index in [9.17, 15) is 4.79 Å². The Labute approximate surface area is 133 Å². The van der Waals surface area contributed by atoms with Crippen LogP contribution in [0.2, 0.25) is 0 Å². The average molecular weight is 319 g/mol. The summed E-state index contributed by atoms with van der Waals surface area (Å²) >= 11 is 1.78. The molecule has 1 atom stereocenters. The van der Waals surface area contributed by atoms with Crippen LogP contribution in [0.4, 0.5) is 5.82 Å². The molecular weight excluding hydrogens is 298 g/mol. The number of carbonyl (C=O) groups is 1. The predicted octanol–water partition coefficient (Wildman–Crippen LogP) is 1.96. The molecule has 1 amide bonds. The number of likely N-dealkylation sites (N-methyl/N-ethyl adjacent to an activating group) is 1. The lowest BCUT2D eigenvalue weighted by molar-refractivity contribution is 0.0784. The van der Waals surface area contributed by atoms with E-state index in [-0.39, 0.29) is 5.91 Å². The van der Waals surface area contributed by atoms with Crippen molar-refractivity contribution in [2.45, 2.75) is 32.1 Å². The second-order valence-corrected chi connectivity index (χ2v) is 7.17. The van der Waals surface area contributed by atoms with E-state index in [2.05, 4.69) is 10.1 Å². The van der Waals surface area contributed by atoms with Crippen molar-refractivity contribution in [1.82, 2.24) is 19.7 Å². The van der Waals surface area contributed by atoms with Crippen LogP contribution in [0.3, 0.4) is 0 Å². The molecule has 2 aromatic rings. The van der Waals surface area contributed by atoms with Crippen LogP contribution in [0.1, 0.15) is 44.7 Å². The Bertz CT molecular complexity index is 705. The van der Waals surface area contributed by atoms with Crippen LogP contribution in [-0.4, -0.2) is 39.2 Å². The van der Waals surface area contributed by atoms with Gasteiger partial charge in [-0.1, -0.05) is 0 Å². The van der Waals surface area contributed by atoms with Gasteiger partial charge < -0.3 is 10.6 Å². The highest BCUT2D eigenvalue weighted by Crippen LogP contribution is 2.35. The van der Waals surface area contributed by atoms with Crippen LogP contribution in [0, 0.1) is 6.92 Å². The molecule has 1 aliphatic carbocycles. The maximum atomic E-state index is 12.5. The first-order chi connectivity index (χ1) is 10.5. The van der Waals surface area contributed by atoms with Gasteiger partial charge in [0, 0.05) is 31.4 Å². The van der Waals surface area contributed by atoms with E-state index in [1.807, 2.05) is 14.0 Å². The number of rotatable bonds is 3. The largest absolute Gasteiger partial charge is 0.383 e. The van der Waals surface area contributed by atoms with Gasteiger partial charge in [0.2, 0.25) is 0 Å². The number of nitrogens with zero attached hydrogens (tertiary/aromatic N) is 4. The van der Waals surface area contributed by atoms with E-state index in [0.29, 0.717) is 23.8 Å². The highest BCUT2D eigenvalue weighted by Gasteiger charge is 2.27. The smallest absolute Gasteiger partial charge is 0.258 e. The summed E-state index contributed by atoms with van der Waals surface area (Å²) in [6.07, 6.45) is 4.89. The van der Waals surface area contributed by atoms with Crippen LogP contribution in [-0.2, 0) is 13.5 Å². The van der Waals surface area contributed by atoms with Crippen LogP contribution < -0.4 is 5.73 Å². The SMILES string of the molecule is Cc1nc2c(s1)CCCC2CN(C)C(=O)c1cnn(C)c1N. The lowest BCUT2D eigenvalue weighted by Crippen LogP contribution is -2.32. The van der Waals surface area contributed by atoms with Gasteiger partial charge in [-0.2, -0.15) is 5.10 Å². The van der Waals surface area contributed by atoms with Crippen LogP contribution in [0.5, 0.6) is 0 Å². The minimum absolute atomic E-state index is 0.0790. The lowest BCUT2D eigenvalue weighted by atomic mass is 9.90. The highest BCUT2D eigenvalue weighted by atomic mass is 32.1. The van der Waals surface area contributed by atoms with Gasteiger partial charge in [-0.15, -0.1) is 11.3 Å². The molecule has 118 valence electrons. The van der Waals surface area contributed by atoms with Crippen molar-refractivity contribution in [3.05, 3.63) is 27.3 Å². The molecule has 0 spiro atoms. The van der Waals surface area contributed by atoms with Gasteiger partial charge in [-0.3, -0.25) is 9.48 Å². The number of fused-ring (bicyclic) bond motifs is 1. The Balaban J connectivity index is 1.76. The molecule has 1 unspecified atom stereocenters. The summed E-state index contributed by atoms with van der Waals surface area (Å²) in [6.45, 7) is 2.72. The van der Waals surface area contributed by atoms with E-state index in [1.165, 1.54) is 21.4 Å². The van der Waals surface area contributed by atoms with Crippen molar-refractivity contribution < 1.29 is 4.79 Å². The molecule has 0 saturated heterocycles. The van der Waals surface area contributed by atoms with Gasteiger partial charge in [0.05, 0.1) is 16.9 Å². The van der Waals surface area contributed by atoms with Crippen molar-refractivity contribution in [2.75, 3.05) is 19.3 Å². The van der Waals surface area contributed by atoms with Gasteiger partial charge in [0.1, 0.15) is 11.4 Å². The third-order valence-corrected chi connectivity index (χ3v) is 5.28. The minimum atomic E-state index is -0.0790. The number of anilines is 1. The average Bonchev–Trinajstić information content (AvgIpc) is 3.02. The Morgan fingerprint density at radius 3 is 3.05 bits per heavy atom. The molecule has 0 fully saturated rings. The van der Waals surface area contributed by atoms with Crippen LogP contribution in [0.15, 0.2) is 6.20 Å². The van der Waals surface area contributed by atoms with Gasteiger partial charge >= 0.3 is 0 Å². The second kappa shape index (κ2) is 5.72. The molecule has 6 nitrogen and oxygen atoms in total. The first kappa shape index (κ1) is 15.0. The zero-order valence-electron chi connectivity index (χ0n) is 13.2. The standard InChI is InChI=1S/C15H21N5OS/c1-9-18-13-10(5-4-6-12(13)22-9)8-19(2)15(21)11-7-17-20(3)14(11)16/h7,10H,4-6,8,16H2,1-3H3. The molecule has 2 N–H and O–H groups in total. The summed E-state index contributed by atoms with van der Waals surface area (Å²) < 4.78 is 1.52. The van der Waals surface area contributed by atoms with Crippen molar-refractivity contribution in [2.24, 2.45) is 7.05 Å². The Morgan fingerprint density at radius 1 is 1.59 bits per heavy atom. The first-order valence-electron chi connectivity index (χ1n) is 7.46. The third-order valence-electron chi connectivity index (χ3n) is 4.23. The monoisotopic (exact) mass is 319 g/mol. The molecule has 0 aromatic carbocycles. The summed E-state index contributed by atoms with van der Waals surface area (Å²) in [5.74, 6) is 0.649. The summed E-state index contributed by atoms with van der Waals surface area (Å²) in [5, 5.41) is 5.15. The minimum Gasteiger partial charge on any atom is -0.383 e. The fourth-order valence-corrected chi connectivity index (χ4v) is 4.10. The zero-order chi connectivity index (χ0) is 15.9. The fourth-order valence-electron chi connectivity index (χ4n) is 3.04. The molecule has 0 saturated carbocycles. The first-order valence-corrected chi connectivity index (χ1v) is 8.28. The maximum Gasteiger partial charge on any atom is 0.258 e. The number of nitrogen functional groups attached to an aromatic ring is 1. The molecular formula is C15H21N5OS. The second-order valence-electron chi connectivity index (χ2n) is 5.88. The van der Waals surface area contributed by atoms with E-state index >= 15 is 0 Å². The van der Waals surface area contributed by atoms with Crippen LogP contribution >= 0.6 is 11.3 Å². The van der Waals surface area contributed by atoms with E-state index in [0.717, 1.165) is 24.3 Å². The van der Waals surface area contributed by atoms with E-state index in [1.54, 1.807) is 23.3 Å². The molecule has 2 heterocycles. The van der Waals surface area contributed by atoms with Crippen molar-refractivity contribution >= 4 is 23.1 Å². The van der Waals surface area contributed by atoms with Crippen molar-refractivity contribution in [1.29, 1.82) is 0 Å². The predicted molar refractivity (Wildman–Crippen MR) is 87.1 cm³/mol. The Hall–Kier alpha value is -1.89. The quantitative estimate of drug-likeness (QED) is 0.938. The third kappa shape index (κ3) is 2.61. The zero-order valence-corrected chi connectivity index (χ0v) is 14.0. The van der Waals surface area contributed by atoms with Gasteiger partial charge in [0.15, 0.2) is 0 Å². The topological polar surface area (TPSA) is 77.0 Å². The van der Waals surface area contributed by atoms with Gasteiger partial charge in [-0.25, -0.2) is 4.98 Å². The molecule has 3 rings (SSSR count). The summed E-state index contributed by atoms with van der Waals surface area (Å²) in [5.41, 5.74) is 7.55. The normalized spacial score (nSPS) is 17.3. The van der Waals surface area contributed by atoms with E-state index in [4.69, 9.17) is 5.73 Å². The highest BCUT2D eigenvalue weighted by molar-refractivity contribution is 7.11. The van der Waals surface area contributed by atoms with E-state index < -0.39 is 0 Å². The van der Waals surface area contributed by atoms with Crippen LogP contribution in [0.25, 0.3) is 0 Å². The molecule has 0 radical (unpaired) electrons. The summed E-state index contributed by atoms with van der Waals surface area (Å²) in [6, 6.07) is 0. The number of amides is 1. The maximum absolute atomic E-state index is 12.5. The van der Waals surface area contributed by atoms with Crippen molar-refractivity contribution in [3.8, 4) is 0 Å². The fraction of sp³-hybridized carbons (Fsp3) is 0.533. The number of nitrogens with two attached hydrogens (primary N) is 1. The van der Waals surface area contributed by atoms with Crippen molar-refractivity contribution in [3.63, 3.8) is 0 Å². The molecule has 22 heavy (non-hydrogen) atoms. The molecule has 7 heteroatoms. The number of thiazole rings is 1.